The van der Waals surface area contributed by atoms with Gasteiger partial charge in [-0.2, -0.15) is 0 Å². The molecule has 0 radical (unpaired) electrons. The summed E-state index contributed by atoms with van der Waals surface area (Å²) in [5.74, 6) is -0.258. The average molecular weight is 264 g/mol. The third-order valence-corrected chi connectivity index (χ3v) is 2.98. The van der Waals surface area contributed by atoms with Gasteiger partial charge in [0.05, 0.1) is 11.1 Å². The number of aromatic carboxylic acids is 1. The van der Waals surface area contributed by atoms with Gasteiger partial charge in [-0.05, 0) is 36.4 Å². The molecule has 0 amide bonds. The summed E-state index contributed by atoms with van der Waals surface area (Å²) in [5.41, 5.74) is 1.84. The van der Waals surface area contributed by atoms with Crippen LogP contribution in [0.4, 0.5) is 11.5 Å². The van der Waals surface area contributed by atoms with E-state index in [1.54, 1.807) is 18.2 Å². The van der Waals surface area contributed by atoms with E-state index in [4.69, 9.17) is 5.11 Å². The first-order valence-corrected chi connectivity index (χ1v) is 6.18. The van der Waals surface area contributed by atoms with Gasteiger partial charge < -0.3 is 10.4 Å². The topological polar surface area (TPSA) is 62.2 Å². The molecule has 98 valence electrons. The largest absolute Gasteiger partial charge is 0.478 e. The van der Waals surface area contributed by atoms with E-state index in [-0.39, 0.29) is 5.56 Å². The first kappa shape index (κ1) is 12.2. The lowest BCUT2D eigenvalue weighted by atomic mass is 10.2. The number of para-hydroxylation sites is 1. The zero-order chi connectivity index (χ0) is 13.9. The molecular weight excluding hydrogens is 252 g/mol. The lowest BCUT2D eigenvalue weighted by molar-refractivity contribution is 0.0697. The summed E-state index contributed by atoms with van der Waals surface area (Å²) in [5, 5.41) is 13.2. The molecule has 0 fully saturated rings. The second-order valence-corrected chi connectivity index (χ2v) is 4.40. The Morgan fingerprint density at radius 1 is 1.00 bits per heavy atom. The maximum atomic E-state index is 10.9. The van der Waals surface area contributed by atoms with Crippen LogP contribution in [0.25, 0.3) is 10.9 Å². The number of hydrogen-bond acceptors (Lipinski definition) is 3. The first-order valence-electron chi connectivity index (χ1n) is 6.18. The first-order chi connectivity index (χ1) is 9.72. The third kappa shape index (κ3) is 2.44. The lowest BCUT2D eigenvalue weighted by Crippen LogP contribution is -1.98. The highest BCUT2D eigenvalue weighted by Crippen LogP contribution is 2.19. The predicted molar refractivity (Wildman–Crippen MR) is 78.4 cm³/mol. The molecule has 4 heteroatoms. The number of nitrogens with one attached hydrogen (secondary N) is 1. The minimum atomic E-state index is -0.944. The van der Waals surface area contributed by atoms with Gasteiger partial charge in [-0.15, -0.1) is 0 Å². The fourth-order valence-corrected chi connectivity index (χ4v) is 2.01. The van der Waals surface area contributed by atoms with Crippen molar-refractivity contribution in [3.05, 3.63) is 66.2 Å². The van der Waals surface area contributed by atoms with Crippen molar-refractivity contribution in [1.29, 1.82) is 0 Å². The maximum Gasteiger partial charge on any atom is 0.335 e. The van der Waals surface area contributed by atoms with Crippen molar-refractivity contribution in [2.75, 3.05) is 5.32 Å². The number of carbonyl (C=O) groups is 1. The van der Waals surface area contributed by atoms with E-state index in [0.717, 1.165) is 10.9 Å². The summed E-state index contributed by atoms with van der Waals surface area (Å²) in [6, 6.07) is 18.3. The number of hydrogen-bond donors (Lipinski definition) is 2. The van der Waals surface area contributed by atoms with Crippen molar-refractivity contribution in [3.63, 3.8) is 0 Å². The van der Waals surface area contributed by atoms with Crippen molar-refractivity contribution >= 4 is 28.4 Å². The predicted octanol–water partition coefficient (Wildman–Crippen LogP) is 3.68. The zero-order valence-electron chi connectivity index (χ0n) is 10.6. The van der Waals surface area contributed by atoms with Gasteiger partial charge in [0.25, 0.3) is 0 Å². The van der Waals surface area contributed by atoms with Crippen LogP contribution in [0.15, 0.2) is 60.7 Å². The fourth-order valence-electron chi connectivity index (χ4n) is 2.01. The SMILES string of the molecule is O=C(O)c1cccc(Nc2ccc3ccccc3n2)c1. The molecule has 0 saturated heterocycles. The van der Waals surface area contributed by atoms with E-state index in [9.17, 15) is 4.79 Å². The number of rotatable bonds is 3. The molecule has 1 heterocycles. The van der Waals surface area contributed by atoms with Crippen LogP contribution in [0.2, 0.25) is 0 Å². The molecule has 4 nitrogen and oxygen atoms in total. The number of carboxylic acid groups (broad SMARTS) is 1. The van der Waals surface area contributed by atoms with Gasteiger partial charge in [0, 0.05) is 11.1 Å². The molecule has 2 aromatic carbocycles. The van der Waals surface area contributed by atoms with Crippen LogP contribution in [-0.4, -0.2) is 16.1 Å². The normalized spacial score (nSPS) is 10.4. The van der Waals surface area contributed by atoms with Gasteiger partial charge in [0.1, 0.15) is 5.82 Å². The highest BCUT2D eigenvalue weighted by Gasteiger charge is 2.04. The minimum Gasteiger partial charge on any atom is -0.478 e. The van der Waals surface area contributed by atoms with Crippen LogP contribution in [0.5, 0.6) is 0 Å². The molecule has 3 rings (SSSR count). The number of pyridine rings is 1. The molecule has 0 aliphatic heterocycles. The Morgan fingerprint density at radius 3 is 2.70 bits per heavy atom. The molecule has 1 aromatic heterocycles. The summed E-state index contributed by atoms with van der Waals surface area (Å²) in [6.07, 6.45) is 0. The van der Waals surface area contributed by atoms with Gasteiger partial charge in [-0.1, -0.05) is 24.3 Å². The second kappa shape index (κ2) is 5.01. The summed E-state index contributed by atoms with van der Waals surface area (Å²) < 4.78 is 0. The zero-order valence-corrected chi connectivity index (χ0v) is 10.6. The molecule has 0 aliphatic carbocycles. The number of benzene rings is 2. The summed E-state index contributed by atoms with van der Waals surface area (Å²) in [6.45, 7) is 0. The Hall–Kier alpha value is -2.88. The van der Waals surface area contributed by atoms with Crippen molar-refractivity contribution in [2.45, 2.75) is 0 Å². The molecular formula is C16H12N2O2. The molecule has 0 atom stereocenters. The smallest absolute Gasteiger partial charge is 0.335 e. The Morgan fingerprint density at radius 2 is 1.85 bits per heavy atom. The van der Waals surface area contributed by atoms with Crippen LogP contribution in [0, 0.1) is 0 Å². The van der Waals surface area contributed by atoms with E-state index in [1.807, 2.05) is 42.5 Å². The molecule has 0 spiro atoms. The van der Waals surface area contributed by atoms with Crippen LogP contribution < -0.4 is 5.32 Å². The van der Waals surface area contributed by atoms with Gasteiger partial charge in [0.2, 0.25) is 0 Å². The van der Waals surface area contributed by atoms with E-state index >= 15 is 0 Å². The molecule has 20 heavy (non-hydrogen) atoms. The third-order valence-electron chi connectivity index (χ3n) is 2.98. The standard InChI is InChI=1S/C16H12N2O2/c19-16(20)12-5-3-6-13(10-12)17-15-9-8-11-4-1-2-7-14(11)18-15/h1-10H,(H,17,18)(H,19,20). The number of carboxylic acids is 1. The highest BCUT2D eigenvalue weighted by atomic mass is 16.4. The number of aromatic nitrogens is 1. The van der Waals surface area contributed by atoms with Gasteiger partial charge in [-0.3, -0.25) is 0 Å². The fraction of sp³-hybridized carbons (Fsp3) is 0. The maximum absolute atomic E-state index is 10.9. The Kier molecular flexibility index (Phi) is 3.05. The van der Waals surface area contributed by atoms with Crippen molar-refractivity contribution in [2.24, 2.45) is 0 Å². The van der Waals surface area contributed by atoms with Crippen LogP contribution in [0.3, 0.4) is 0 Å². The lowest BCUT2D eigenvalue weighted by Gasteiger charge is -2.07. The molecule has 2 N–H and O–H groups in total. The van der Waals surface area contributed by atoms with Crippen LogP contribution >= 0.6 is 0 Å². The summed E-state index contributed by atoms with van der Waals surface area (Å²) in [7, 11) is 0. The number of nitrogens with zero attached hydrogens (tertiary/aromatic N) is 1. The number of fused-ring (bicyclic) bond motifs is 1. The van der Waals surface area contributed by atoms with E-state index in [2.05, 4.69) is 10.3 Å². The summed E-state index contributed by atoms with van der Waals surface area (Å²) >= 11 is 0. The molecule has 0 bridgehead atoms. The van der Waals surface area contributed by atoms with Crippen molar-refractivity contribution in [3.8, 4) is 0 Å². The van der Waals surface area contributed by atoms with Gasteiger partial charge in [-0.25, -0.2) is 9.78 Å². The molecule has 0 aliphatic rings. The Labute approximate surface area is 115 Å². The van der Waals surface area contributed by atoms with E-state index in [0.29, 0.717) is 11.5 Å². The number of anilines is 2. The summed E-state index contributed by atoms with van der Waals surface area (Å²) in [4.78, 5) is 15.4. The second-order valence-electron chi connectivity index (χ2n) is 4.40. The Bertz CT molecular complexity index is 784. The van der Waals surface area contributed by atoms with Crippen molar-refractivity contribution < 1.29 is 9.90 Å². The highest BCUT2D eigenvalue weighted by molar-refractivity contribution is 5.89. The molecule has 0 unspecified atom stereocenters. The molecule has 0 saturated carbocycles. The average Bonchev–Trinajstić information content (AvgIpc) is 2.47. The van der Waals surface area contributed by atoms with Crippen LogP contribution in [-0.2, 0) is 0 Å². The quantitative estimate of drug-likeness (QED) is 0.757. The van der Waals surface area contributed by atoms with E-state index in [1.165, 1.54) is 0 Å². The molecule has 3 aromatic rings. The van der Waals surface area contributed by atoms with Gasteiger partial charge >= 0.3 is 5.97 Å². The van der Waals surface area contributed by atoms with Gasteiger partial charge in [0.15, 0.2) is 0 Å². The van der Waals surface area contributed by atoms with Crippen molar-refractivity contribution in [1.82, 2.24) is 4.98 Å². The van der Waals surface area contributed by atoms with E-state index < -0.39 is 5.97 Å². The Balaban J connectivity index is 1.92. The minimum absolute atomic E-state index is 0.246. The van der Waals surface area contributed by atoms with Crippen LogP contribution in [0.1, 0.15) is 10.4 Å². The monoisotopic (exact) mass is 264 g/mol.